The number of hydrogen-bond donors (Lipinski definition) is 3. The number of nitrogens with one attached hydrogen (secondary N) is 3. The summed E-state index contributed by atoms with van der Waals surface area (Å²) in [4.78, 5) is 12.7. The highest BCUT2D eigenvalue weighted by Gasteiger charge is 2.21. The Kier molecular flexibility index (Phi) is 6.74. The van der Waals surface area contributed by atoms with E-state index >= 15 is 0 Å². The first kappa shape index (κ1) is 23.8. The Morgan fingerprint density at radius 3 is 2.23 bits per heavy atom. The highest BCUT2D eigenvalue weighted by molar-refractivity contribution is 7.92. The zero-order valence-corrected chi connectivity index (χ0v) is 20.1. The van der Waals surface area contributed by atoms with Crippen molar-refractivity contribution in [3.8, 4) is 22.8 Å². The smallest absolute Gasteiger partial charge is 0.273 e. The minimum Gasteiger partial charge on any atom is -0.497 e. The quantitative estimate of drug-likeness (QED) is 0.334. The SMILES string of the molecule is COc1ccc(NS(=O)(=O)c2cc(NC(=O)c3cc(-c4ccc(C)cc4)n[nH]3)ccc2OC)cc1. The van der Waals surface area contributed by atoms with E-state index in [0.717, 1.165) is 11.1 Å². The third-order valence-corrected chi connectivity index (χ3v) is 6.63. The summed E-state index contributed by atoms with van der Waals surface area (Å²) in [5.74, 6) is 0.263. The molecule has 9 nitrogen and oxygen atoms in total. The molecule has 10 heteroatoms. The van der Waals surface area contributed by atoms with Gasteiger partial charge in [-0.3, -0.25) is 14.6 Å². The number of carbonyl (C=O) groups excluding carboxylic acids is 1. The predicted molar refractivity (Wildman–Crippen MR) is 134 cm³/mol. The molecular formula is C25H24N4O5S. The number of sulfonamides is 1. The summed E-state index contributed by atoms with van der Waals surface area (Å²) in [5, 5.41) is 9.62. The zero-order chi connectivity index (χ0) is 25.0. The van der Waals surface area contributed by atoms with Crippen LogP contribution in [0.4, 0.5) is 11.4 Å². The second-order valence-corrected chi connectivity index (χ2v) is 9.34. The highest BCUT2D eigenvalue weighted by Crippen LogP contribution is 2.29. The maximum atomic E-state index is 13.1. The summed E-state index contributed by atoms with van der Waals surface area (Å²) in [6, 6.07) is 20.2. The molecule has 0 saturated heterocycles. The minimum atomic E-state index is -4.02. The van der Waals surface area contributed by atoms with Crippen molar-refractivity contribution in [3.63, 3.8) is 0 Å². The van der Waals surface area contributed by atoms with Crippen molar-refractivity contribution < 1.29 is 22.7 Å². The zero-order valence-electron chi connectivity index (χ0n) is 19.3. The summed E-state index contributed by atoms with van der Waals surface area (Å²) in [5.41, 5.74) is 3.47. The number of rotatable bonds is 8. The van der Waals surface area contributed by atoms with Gasteiger partial charge in [-0.2, -0.15) is 5.10 Å². The standard InChI is InChI=1S/C25H24N4O5S/c1-16-4-6-17(7-5-16)21-15-22(28-27-21)25(30)26-19-10-13-23(34-3)24(14-19)35(31,32)29-18-8-11-20(33-2)12-9-18/h4-15,29H,1-3H3,(H,26,30)(H,27,28). The van der Waals surface area contributed by atoms with Gasteiger partial charge in [0.2, 0.25) is 0 Å². The van der Waals surface area contributed by atoms with E-state index in [2.05, 4.69) is 20.2 Å². The van der Waals surface area contributed by atoms with E-state index in [1.54, 1.807) is 36.4 Å². The lowest BCUT2D eigenvalue weighted by Gasteiger charge is -2.14. The molecule has 0 aliphatic carbocycles. The number of methoxy groups -OCH3 is 2. The van der Waals surface area contributed by atoms with Gasteiger partial charge < -0.3 is 14.8 Å². The van der Waals surface area contributed by atoms with Gasteiger partial charge in [0.15, 0.2) is 0 Å². The molecule has 1 heterocycles. The van der Waals surface area contributed by atoms with Gasteiger partial charge in [0.1, 0.15) is 22.1 Å². The Bertz CT molecular complexity index is 1450. The van der Waals surface area contributed by atoms with Crippen molar-refractivity contribution in [2.75, 3.05) is 24.3 Å². The van der Waals surface area contributed by atoms with E-state index in [-0.39, 0.29) is 22.0 Å². The van der Waals surface area contributed by atoms with Crippen LogP contribution in [-0.2, 0) is 10.0 Å². The predicted octanol–water partition coefficient (Wildman–Crippen LogP) is 4.46. The van der Waals surface area contributed by atoms with Crippen LogP contribution < -0.4 is 19.5 Å². The molecule has 0 radical (unpaired) electrons. The van der Waals surface area contributed by atoms with Crippen LogP contribution >= 0.6 is 0 Å². The van der Waals surface area contributed by atoms with E-state index in [9.17, 15) is 13.2 Å². The molecule has 1 aromatic heterocycles. The van der Waals surface area contributed by atoms with Gasteiger partial charge in [0.25, 0.3) is 15.9 Å². The molecule has 1 amide bonds. The third-order valence-electron chi connectivity index (χ3n) is 5.22. The van der Waals surface area contributed by atoms with Crippen molar-refractivity contribution >= 4 is 27.3 Å². The monoisotopic (exact) mass is 492 g/mol. The Balaban J connectivity index is 1.55. The molecule has 0 spiro atoms. The van der Waals surface area contributed by atoms with Gasteiger partial charge in [0.05, 0.1) is 19.9 Å². The van der Waals surface area contributed by atoms with Crippen molar-refractivity contribution in [2.45, 2.75) is 11.8 Å². The normalized spacial score (nSPS) is 11.1. The lowest BCUT2D eigenvalue weighted by Crippen LogP contribution is -2.16. The maximum Gasteiger partial charge on any atom is 0.273 e. The van der Waals surface area contributed by atoms with Crippen LogP contribution in [0.15, 0.2) is 77.7 Å². The number of nitrogens with zero attached hydrogens (tertiary/aromatic N) is 1. The third kappa shape index (κ3) is 5.44. The first-order chi connectivity index (χ1) is 16.8. The van der Waals surface area contributed by atoms with Gasteiger partial charge in [-0.05, 0) is 55.5 Å². The van der Waals surface area contributed by atoms with E-state index in [0.29, 0.717) is 17.1 Å². The van der Waals surface area contributed by atoms with Gasteiger partial charge in [0, 0.05) is 16.9 Å². The fraction of sp³-hybridized carbons (Fsp3) is 0.120. The van der Waals surface area contributed by atoms with Crippen LogP contribution in [0.25, 0.3) is 11.3 Å². The van der Waals surface area contributed by atoms with Crippen molar-refractivity contribution in [1.29, 1.82) is 0 Å². The van der Waals surface area contributed by atoms with Crippen molar-refractivity contribution in [3.05, 3.63) is 84.1 Å². The van der Waals surface area contributed by atoms with E-state index in [1.165, 1.54) is 26.4 Å². The first-order valence-electron chi connectivity index (χ1n) is 10.6. The number of amides is 1. The number of anilines is 2. The number of hydrogen-bond acceptors (Lipinski definition) is 6. The average Bonchev–Trinajstić information content (AvgIpc) is 3.35. The van der Waals surface area contributed by atoms with E-state index in [1.807, 2.05) is 31.2 Å². The maximum absolute atomic E-state index is 13.1. The van der Waals surface area contributed by atoms with Crippen LogP contribution in [0, 0.1) is 6.92 Å². The second-order valence-electron chi connectivity index (χ2n) is 7.69. The number of benzene rings is 3. The molecule has 0 saturated carbocycles. The molecular weight excluding hydrogens is 468 g/mol. The fourth-order valence-electron chi connectivity index (χ4n) is 3.34. The first-order valence-corrected chi connectivity index (χ1v) is 12.1. The summed E-state index contributed by atoms with van der Waals surface area (Å²) >= 11 is 0. The summed E-state index contributed by atoms with van der Waals surface area (Å²) in [7, 11) is -1.12. The number of H-pyrrole nitrogens is 1. The molecule has 0 aliphatic heterocycles. The Labute approximate surface area is 203 Å². The second kappa shape index (κ2) is 9.90. The molecule has 0 unspecified atom stereocenters. The molecule has 0 bridgehead atoms. The lowest BCUT2D eigenvalue weighted by molar-refractivity contribution is 0.102. The number of aryl methyl sites for hydroxylation is 1. The number of carbonyl (C=O) groups is 1. The Morgan fingerprint density at radius 2 is 1.57 bits per heavy atom. The van der Waals surface area contributed by atoms with Gasteiger partial charge >= 0.3 is 0 Å². The molecule has 3 aromatic carbocycles. The summed E-state index contributed by atoms with van der Waals surface area (Å²) in [6.07, 6.45) is 0. The molecule has 0 aliphatic rings. The van der Waals surface area contributed by atoms with Gasteiger partial charge in [-0.1, -0.05) is 29.8 Å². The molecule has 4 rings (SSSR count). The number of aromatic amines is 1. The molecule has 0 atom stereocenters. The molecule has 35 heavy (non-hydrogen) atoms. The minimum absolute atomic E-state index is 0.126. The largest absolute Gasteiger partial charge is 0.497 e. The molecule has 3 N–H and O–H groups in total. The van der Waals surface area contributed by atoms with E-state index < -0.39 is 15.9 Å². The van der Waals surface area contributed by atoms with E-state index in [4.69, 9.17) is 9.47 Å². The Morgan fingerprint density at radius 1 is 0.886 bits per heavy atom. The van der Waals surface area contributed by atoms with Crippen molar-refractivity contribution in [1.82, 2.24) is 10.2 Å². The van der Waals surface area contributed by atoms with Crippen LogP contribution in [-0.4, -0.2) is 38.7 Å². The van der Waals surface area contributed by atoms with Crippen LogP contribution in [0.3, 0.4) is 0 Å². The Hall–Kier alpha value is -4.31. The average molecular weight is 493 g/mol. The van der Waals surface area contributed by atoms with Crippen LogP contribution in [0.2, 0.25) is 0 Å². The summed E-state index contributed by atoms with van der Waals surface area (Å²) < 4.78 is 39.0. The molecule has 4 aromatic rings. The van der Waals surface area contributed by atoms with Crippen LogP contribution in [0.1, 0.15) is 16.1 Å². The summed E-state index contributed by atoms with van der Waals surface area (Å²) in [6.45, 7) is 1.99. The van der Waals surface area contributed by atoms with Gasteiger partial charge in [-0.25, -0.2) is 8.42 Å². The molecule has 0 fully saturated rings. The van der Waals surface area contributed by atoms with Crippen LogP contribution in [0.5, 0.6) is 11.5 Å². The number of aromatic nitrogens is 2. The van der Waals surface area contributed by atoms with Gasteiger partial charge in [-0.15, -0.1) is 0 Å². The topological polar surface area (TPSA) is 122 Å². The van der Waals surface area contributed by atoms with Crippen molar-refractivity contribution in [2.24, 2.45) is 0 Å². The number of ether oxygens (including phenoxy) is 2. The lowest BCUT2D eigenvalue weighted by atomic mass is 10.1. The highest BCUT2D eigenvalue weighted by atomic mass is 32.2. The fourth-order valence-corrected chi connectivity index (χ4v) is 4.60. The molecule has 180 valence electrons.